The zero-order valence-electron chi connectivity index (χ0n) is 14.5. The summed E-state index contributed by atoms with van der Waals surface area (Å²) in [5.74, 6) is -1.28. The van der Waals surface area contributed by atoms with Crippen LogP contribution in [0.2, 0.25) is 0 Å². The SMILES string of the molecule is Cc1c(C(=O)OCC(=O)N(C)Cc2ccc(F)cc2)oc2ccccc12. The summed E-state index contributed by atoms with van der Waals surface area (Å²) < 4.78 is 23.5. The zero-order chi connectivity index (χ0) is 18.7. The van der Waals surface area contributed by atoms with Crippen LogP contribution in [-0.4, -0.2) is 30.4 Å². The normalized spacial score (nSPS) is 10.7. The highest BCUT2D eigenvalue weighted by molar-refractivity contribution is 5.96. The van der Waals surface area contributed by atoms with Gasteiger partial charge >= 0.3 is 5.97 Å². The fourth-order valence-electron chi connectivity index (χ4n) is 2.62. The van der Waals surface area contributed by atoms with Gasteiger partial charge < -0.3 is 14.1 Å². The Hall–Kier alpha value is -3.15. The average molecular weight is 355 g/mol. The molecule has 0 saturated heterocycles. The molecule has 134 valence electrons. The van der Waals surface area contributed by atoms with Crippen molar-refractivity contribution in [1.29, 1.82) is 0 Å². The van der Waals surface area contributed by atoms with Crippen LogP contribution in [0.3, 0.4) is 0 Å². The van der Waals surface area contributed by atoms with Gasteiger partial charge in [-0.1, -0.05) is 30.3 Å². The lowest BCUT2D eigenvalue weighted by Gasteiger charge is -2.17. The van der Waals surface area contributed by atoms with Crippen LogP contribution in [0.5, 0.6) is 0 Å². The molecule has 6 heteroatoms. The highest BCUT2D eigenvalue weighted by Gasteiger charge is 2.20. The number of para-hydroxylation sites is 1. The van der Waals surface area contributed by atoms with E-state index in [0.29, 0.717) is 17.7 Å². The van der Waals surface area contributed by atoms with Crippen molar-refractivity contribution in [2.45, 2.75) is 13.5 Å². The Bertz CT molecular complexity index is 946. The van der Waals surface area contributed by atoms with Crippen LogP contribution in [-0.2, 0) is 16.1 Å². The van der Waals surface area contributed by atoms with Crippen LogP contribution < -0.4 is 0 Å². The summed E-state index contributed by atoms with van der Waals surface area (Å²) in [7, 11) is 1.59. The highest BCUT2D eigenvalue weighted by Crippen LogP contribution is 2.25. The van der Waals surface area contributed by atoms with Crippen molar-refractivity contribution in [3.63, 3.8) is 0 Å². The van der Waals surface area contributed by atoms with Crippen molar-refractivity contribution < 1.29 is 23.1 Å². The van der Waals surface area contributed by atoms with Gasteiger partial charge in [-0.15, -0.1) is 0 Å². The number of carbonyl (C=O) groups is 2. The van der Waals surface area contributed by atoms with Gasteiger partial charge in [0.1, 0.15) is 11.4 Å². The third-order valence-electron chi connectivity index (χ3n) is 4.11. The predicted molar refractivity (Wildman–Crippen MR) is 94.1 cm³/mol. The number of amides is 1. The summed E-state index contributed by atoms with van der Waals surface area (Å²) >= 11 is 0. The number of hydrogen-bond donors (Lipinski definition) is 0. The number of fused-ring (bicyclic) bond motifs is 1. The summed E-state index contributed by atoms with van der Waals surface area (Å²) in [6.45, 7) is 1.66. The number of ether oxygens (including phenoxy) is 1. The van der Waals surface area contributed by atoms with E-state index in [1.807, 2.05) is 18.2 Å². The van der Waals surface area contributed by atoms with Crippen molar-refractivity contribution in [1.82, 2.24) is 4.90 Å². The van der Waals surface area contributed by atoms with Gasteiger partial charge in [-0.2, -0.15) is 0 Å². The van der Waals surface area contributed by atoms with Crippen LogP contribution >= 0.6 is 0 Å². The number of rotatable bonds is 5. The van der Waals surface area contributed by atoms with Crippen LogP contribution in [0.1, 0.15) is 21.7 Å². The minimum Gasteiger partial charge on any atom is -0.450 e. The lowest BCUT2D eigenvalue weighted by atomic mass is 10.1. The fourth-order valence-corrected chi connectivity index (χ4v) is 2.62. The van der Waals surface area contributed by atoms with Crippen molar-refractivity contribution in [2.75, 3.05) is 13.7 Å². The smallest absolute Gasteiger partial charge is 0.375 e. The van der Waals surface area contributed by atoms with Gasteiger partial charge in [0.25, 0.3) is 5.91 Å². The predicted octanol–water partition coefficient (Wildman–Crippen LogP) is 3.70. The third kappa shape index (κ3) is 3.74. The number of esters is 1. The standard InChI is InChI=1S/C20H18FNO4/c1-13-16-5-3-4-6-17(16)26-19(13)20(24)25-12-18(23)22(2)11-14-7-9-15(21)10-8-14/h3-10H,11-12H2,1-2H3. The van der Waals surface area contributed by atoms with Gasteiger partial charge in [-0.3, -0.25) is 4.79 Å². The molecule has 0 saturated carbocycles. The summed E-state index contributed by atoms with van der Waals surface area (Å²) in [5, 5.41) is 0.833. The van der Waals surface area contributed by atoms with E-state index in [1.165, 1.54) is 17.0 Å². The van der Waals surface area contributed by atoms with Gasteiger partial charge in [0.2, 0.25) is 5.76 Å². The highest BCUT2D eigenvalue weighted by atomic mass is 19.1. The molecule has 0 spiro atoms. The van der Waals surface area contributed by atoms with Crippen LogP contribution in [0.4, 0.5) is 4.39 Å². The maximum Gasteiger partial charge on any atom is 0.375 e. The summed E-state index contributed by atoms with van der Waals surface area (Å²) in [4.78, 5) is 25.8. The second-order valence-corrected chi connectivity index (χ2v) is 6.00. The number of benzene rings is 2. The maximum atomic E-state index is 12.9. The van der Waals surface area contributed by atoms with Crippen LogP contribution in [0.15, 0.2) is 52.9 Å². The number of hydrogen-bond acceptors (Lipinski definition) is 4. The maximum absolute atomic E-state index is 12.9. The van der Waals surface area contributed by atoms with E-state index in [4.69, 9.17) is 9.15 Å². The fraction of sp³-hybridized carbons (Fsp3) is 0.200. The van der Waals surface area contributed by atoms with Gasteiger partial charge in [0.15, 0.2) is 6.61 Å². The molecule has 3 rings (SSSR count). The van der Waals surface area contributed by atoms with E-state index in [1.54, 1.807) is 32.2 Å². The molecular weight excluding hydrogens is 337 g/mol. The Kier molecular flexibility index (Phi) is 5.02. The molecule has 0 atom stereocenters. The average Bonchev–Trinajstić information content (AvgIpc) is 2.98. The molecule has 0 aliphatic rings. The number of likely N-dealkylation sites (N-methyl/N-ethyl adjacent to an activating group) is 1. The molecule has 0 N–H and O–H groups in total. The first-order valence-corrected chi connectivity index (χ1v) is 8.09. The monoisotopic (exact) mass is 355 g/mol. The quantitative estimate of drug-likeness (QED) is 0.655. The molecule has 0 radical (unpaired) electrons. The number of halogens is 1. The van der Waals surface area contributed by atoms with Crippen molar-refractivity contribution >= 4 is 22.8 Å². The molecule has 3 aromatic rings. The Morgan fingerprint density at radius 1 is 1.12 bits per heavy atom. The lowest BCUT2D eigenvalue weighted by molar-refractivity contribution is -0.133. The first-order valence-electron chi connectivity index (χ1n) is 8.09. The molecule has 1 amide bonds. The van der Waals surface area contributed by atoms with Crippen LogP contribution in [0.25, 0.3) is 11.0 Å². The van der Waals surface area contributed by atoms with Gasteiger partial charge in [0.05, 0.1) is 0 Å². The Labute approximate surface area is 150 Å². The number of furan rings is 1. The summed E-state index contributed by atoms with van der Waals surface area (Å²) in [6.07, 6.45) is 0. The number of aryl methyl sites for hydroxylation is 1. The van der Waals surface area contributed by atoms with Crippen molar-refractivity contribution in [3.05, 3.63) is 71.2 Å². The van der Waals surface area contributed by atoms with E-state index < -0.39 is 12.6 Å². The van der Waals surface area contributed by atoms with Gasteiger partial charge in [0, 0.05) is 24.5 Å². The zero-order valence-corrected chi connectivity index (χ0v) is 14.5. The van der Waals surface area contributed by atoms with E-state index in [-0.39, 0.29) is 17.5 Å². The molecule has 1 aromatic heterocycles. The van der Waals surface area contributed by atoms with Crippen molar-refractivity contribution in [3.8, 4) is 0 Å². The topological polar surface area (TPSA) is 59.8 Å². The molecule has 0 fully saturated rings. The van der Waals surface area contributed by atoms with E-state index in [2.05, 4.69) is 0 Å². The second kappa shape index (κ2) is 7.39. The Balaban J connectivity index is 1.60. The first-order chi connectivity index (χ1) is 12.5. The third-order valence-corrected chi connectivity index (χ3v) is 4.11. The Morgan fingerprint density at radius 3 is 2.50 bits per heavy atom. The largest absolute Gasteiger partial charge is 0.450 e. The molecule has 2 aromatic carbocycles. The number of carbonyl (C=O) groups excluding carboxylic acids is 2. The van der Waals surface area contributed by atoms with Gasteiger partial charge in [-0.25, -0.2) is 9.18 Å². The molecule has 0 unspecified atom stereocenters. The lowest BCUT2D eigenvalue weighted by Crippen LogP contribution is -2.30. The molecule has 0 aliphatic carbocycles. The van der Waals surface area contributed by atoms with E-state index >= 15 is 0 Å². The minimum atomic E-state index is -0.678. The van der Waals surface area contributed by atoms with E-state index in [9.17, 15) is 14.0 Å². The van der Waals surface area contributed by atoms with E-state index in [0.717, 1.165) is 10.9 Å². The molecule has 0 bridgehead atoms. The first kappa shape index (κ1) is 17.7. The molecular formula is C20H18FNO4. The molecule has 1 heterocycles. The summed E-state index contributed by atoms with van der Waals surface area (Å²) in [5.41, 5.74) is 2.05. The van der Waals surface area contributed by atoms with Crippen molar-refractivity contribution in [2.24, 2.45) is 0 Å². The van der Waals surface area contributed by atoms with Crippen LogP contribution in [0, 0.1) is 12.7 Å². The molecule has 0 aliphatic heterocycles. The second-order valence-electron chi connectivity index (χ2n) is 6.00. The van der Waals surface area contributed by atoms with Gasteiger partial charge in [-0.05, 0) is 30.7 Å². The molecule has 26 heavy (non-hydrogen) atoms. The summed E-state index contributed by atoms with van der Waals surface area (Å²) in [6, 6.07) is 13.2. The molecule has 5 nitrogen and oxygen atoms in total. The minimum absolute atomic E-state index is 0.0974. The Morgan fingerprint density at radius 2 is 1.81 bits per heavy atom. The number of nitrogens with zero attached hydrogens (tertiary/aromatic N) is 1.